The molecule has 0 amide bonds. The van der Waals surface area contributed by atoms with Gasteiger partial charge in [-0.2, -0.15) is 0 Å². The topological polar surface area (TPSA) is 18.5 Å². The van der Waals surface area contributed by atoms with Gasteiger partial charge in [-0.05, 0) is 53.6 Å². The SMILES string of the molecule is CN(C)CCC1CNCCCN1C. The maximum atomic E-state index is 3.49. The number of hydrogen-bond acceptors (Lipinski definition) is 3. The van der Waals surface area contributed by atoms with E-state index in [2.05, 4.69) is 36.3 Å². The summed E-state index contributed by atoms with van der Waals surface area (Å²) in [5.41, 5.74) is 0. The predicted octanol–water partition coefficient (Wildman–Crippen LogP) is 0.232. The minimum Gasteiger partial charge on any atom is -0.315 e. The van der Waals surface area contributed by atoms with Crippen molar-refractivity contribution >= 4 is 0 Å². The Kier molecular flexibility index (Phi) is 4.70. The molecule has 1 rings (SSSR count). The molecule has 1 N–H and O–H groups in total. The second-order valence-corrected chi connectivity index (χ2v) is 4.28. The highest BCUT2D eigenvalue weighted by molar-refractivity contribution is 4.75. The van der Waals surface area contributed by atoms with Gasteiger partial charge in [-0.1, -0.05) is 0 Å². The van der Waals surface area contributed by atoms with Gasteiger partial charge in [0.05, 0.1) is 0 Å². The average Bonchev–Trinajstić information content (AvgIpc) is 2.27. The summed E-state index contributed by atoms with van der Waals surface area (Å²) >= 11 is 0. The van der Waals surface area contributed by atoms with Crippen LogP contribution in [0.1, 0.15) is 12.8 Å². The molecular formula is C10H23N3. The zero-order valence-corrected chi connectivity index (χ0v) is 9.21. The van der Waals surface area contributed by atoms with Crippen LogP contribution in [-0.4, -0.2) is 63.2 Å². The molecule has 1 aliphatic rings. The van der Waals surface area contributed by atoms with Crippen molar-refractivity contribution in [3.8, 4) is 0 Å². The van der Waals surface area contributed by atoms with Crippen LogP contribution in [0.25, 0.3) is 0 Å². The van der Waals surface area contributed by atoms with Gasteiger partial charge in [-0.3, -0.25) is 0 Å². The molecule has 3 nitrogen and oxygen atoms in total. The summed E-state index contributed by atoms with van der Waals surface area (Å²) < 4.78 is 0. The number of nitrogens with zero attached hydrogens (tertiary/aromatic N) is 2. The summed E-state index contributed by atoms with van der Waals surface area (Å²) in [4.78, 5) is 4.75. The Morgan fingerprint density at radius 2 is 2.23 bits per heavy atom. The maximum absolute atomic E-state index is 3.49. The van der Waals surface area contributed by atoms with E-state index in [4.69, 9.17) is 0 Å². The fourth-order valence-corrected chi connectivity index (χ4v) is 1.79. The molecule has 1 heterocycles. The van der Waals surface area contributed by atoms with Gasteiger partial charge in [-0.15, -0.1) is 0 Å². The summed E-state index contributed by atoms with van der Waals surface area (Å²) in [5.74, 6) is 0. The monoisotopic (exact) mass is 185 g/mol. The Morgan fingerprint density at radius 1 is 1.46 bits per heavy atom. The van der Waals surface area contributed by atoms with E-state index in [-0.39, 0.29) is 0 Å². The predicted molar refractivity (Wildman–Crippen MR) is 57.1 cm³/mol. The van der Waals surface area contributed by atoms with Gasteiger partial charge in [0.1, 0.15) is 0 Å². The van der Waals surface area contributed by atoms with Crippen molar-refractivity contribution in [2.75, 3.05) is 47.3 Å². The van der Waals surface area contributed by atoms with E-state index < -0.39 is 0 Å². The van der Waals surface area contributed by atoms with E-state index in [0.717, 1.165) is 12.6 Å². The van der Waals surface area contributed by atoms with Crippen molar-refractivity contribution in [1.82, 2.24) is 15.1 Å². The van der Waals surface area contributed by atoms with Crippen molar-refractivity contribution in [2.24, 2.45) is 0 Å². The van der Waals surface area contributed by atoms with Gasteiger partial charge in [-0.25, -0.2) is 0 Å². The van der Waals surface area contributed by atoms with Crippen molar-refractivity contribution in [3.63, 3.8) is 0 Å². The Hall–Kier alpha value is -0.120. The fraction of sp³-hybridized carbons (Fsp3) is 1.00. The molecule has 1 saturated heterocycles. The largest absolute Gasteiger partial charge is 0.315 e. The second-order valence-electron chi connectivity index (χ2n) is 4.28. The highest BCUT2D eigenvalue weighted by Gasteiger charge is 2.16. The van der Waals surface area contributed by atoms with E-state index in [0.29, 0.717) is 0 Å². The van der Waals surface area contributed by atoms with Gasteiger partial charge >= 0.3 is 0 Å². The molecule has 0 spiro atoms. The van der Waals surface area contributed by atoms with Crippen LogP contribution in [0.4, 0.5) is 0 Å². The molecule has 1 atom stereocenters. The van der Waals surface area contributed by atoms with Crippen molar-refractivity contribution in [2.45, 2.75) is 18.9 Å². The van der Waals surface area contributed by atoms with Crippen LogP contribution in [-0.2, 0) is 0 Å². The Morgan fingerprint density at radius 3 is 2.92 bits per heavy atom. The number of rotatable bonds is 3. The van der Waals surface area contributed by atoms with E-state index in [1.165, 1.54) is 32.5 Å². The van der Waals surface area contributed by atoms with Gasteiger partial charge in [0.25, 0.3) is 0 Å². The molecular weight excluding hydrogens is 162 g/mol. The van der Waals surface area contributed by atoms with Crippen LogP contribution in [0, 0.1) is 0 Å². The van der Waals surface area contributed by atoms with Crippen molar-refractivity contribution < 1.29 is 0 Å². The molecule has 0 aromatic rings. The second kappa shape index (κ2) is 5.58. The normalized spacial score (nSPS) is 26.3. The van der Waals surface area contributed by atoms with Gasteiger partial charge < -0.3 is 15.1 Å². The molecule has 1 aliphatic heterocycles. The standard InChI is InChI=1S/C10H23N3/c1-12(2)8-5-10-9-11-6-4-7-13(10)3/h10-11H,4-9H2,1-3H3. The molecule has 13 heavy (non-hydrogen) atoms. The van der Waals surface area contributed by atoms with E-state index in [1.807, 2.05) is 0 Å². The summed E-state index contributed by atoms with van der Waals surface area (Å²) in [7, 11) is 6.53. The first kappa shape index (κ1) is 11.0. The third kappa shape index (κ3) is 4.07. The molecule has 0 aromatic heterocycles. The third-order valence-electron chi connectivity index (χ3n) is 2.78. The molecule has 3 heteroatoms. The van der Waals surface area contributed by atoms with Crippen LogP contribution in [0.15, 0.2) is 0 Å². The van der Waals surface area contributed by atoms with E-state index in [1.54, 1.807) is 0 Å². The molecule has 78 valence electrons. The number of nitrogens with one attached hydrogen (secondary N) is 1. The Bertz CT molecular complexity index is 136. The number of hydrogen-bond donors (Lipinski definition) is 1. The molecule has 1 unspecified atom stereocenters. The first-order chi connectivity index (χ1) is 6.20. The summed E-state index contributed by atoms with van der Waals surface area (Å²) in [6, 6.07) is 0.727. The zero-order valence-electron chi connectivity index (χ0n) is 9.21. The fourth-order valence-electron chi connectivity index (χ4n) is 1.79. The van der Waals surface area contributed by atoms with Crippen LogP contribution in [0.2, 0.25) is 0 Å². The molecule has 0 saturated carbocycles. The van der Waals surface area contributed by atoms with Crippen molar-refractivity contribution in [3.05, 3.63) is 0 Å². The Balaban J connectivity index is 2.27. The summed E-state index contributed by atoms with van der Waals surface area (Å²) in [6.45, 7) is 4.77. The molecule has 0 bridgehead atoms. The Labute approximate surface area is 82.1 Å². The van der Waals surface area contributed by atoms with Crippen LogP contribution in [0.3, 0.4) is 0 Å². The van der Waals surface area contributed by atoms with Gasteiger partial charge in [0.2, 0.25) is 0 Å². The lowest BCUT2D eigenvalue weighted by atomic mass is 10.2. The smallest absolute Gasteiger partial charge is 0.0229 e. The lowest BCUT2D eigenvalue weighted by molar-refractivity contribution is 0.226. The minimum atomic E-state index is 0.727. The van der Waals surface area contributed by atoms with Crippen LogP contribution in [0.5, 0.6) is 0 Å². The highest BCUT2D eigenvalue weighted by Crippen LogP contribution is 2.05. The van der Waals surface area contributed by atoms with Crippen LogP contribution < -0.4 is 5.32 Å². The number of likely N-dealkylation sites (N-methyl/N-ethyl adjacent to an activating group) is 1. The lowest BCUT2D eigenvalue weighted by Gasteiger charge is -2.26. The maximum Gasteiger partial charge on any atom is 0.0229 e. The van der Waals surface area contributed by atoms with Crippen molar-refractivity contribution in [1.29, 1.82) is 0 Å². The minimum absolute atomic E-state index is 0.727. The average molecular weight is 185 g/mol. The van der Waals surface area contributed by atoms with E-state index >= 15 is 0 Å². The molecule has 0 aromatic carbocycles. The molecule has 0 radical (unpaired) electrons. The quantitative estimate of drug-likeness (QED) is 0.679. The van der Waals surface area contributed by atoms with E-state index in [9.17, 15) is 0 Å². The first-order valence-electron chi connectivity index (χ1n) is 5.26. The summed E-state index contributed by atoms with van der Waals surface area (Å²) in [6.07, 6.45) is 2.56. The van der Waals surface area contributed by atoms with Gasteiger partial charge in [0.15, 0.2) is 0 Å². The van der Waals surface area contributed by atoms with Gasteiger partial charge in [0, 0.05) is 12.6 Å². The summed E-state index contributed by atoms with van der Waals surface area (Å²) in [5, 5.41) is 3.49. The zero-order chi connectivity index (χ0) is 9.68. The lowest BCUT2D eigenvalue weighted by Crippen LogP contribution is -2.38. The van der Waals surface area contributed by atoms with Crippen LogP contribution >= 0.6 is 0 Å². The highest BCUT2D eigenvalue weighted by atomic mass is 15.2. The molecule has 1 fully saturated rings. The third-order valence-corrected chi connectivity index (χ3v) is 2.78. The first-order valence-corrected chi connectivity index (χ1v) is 5.26. The molecule has 0 aliphatic carbocycles.